The monoisotopic (exact) mass is 268 g/mol. The lowest BCUT2D eigenvalue weighted by Crippen LogP contribution is -2.51. The molecule has 110 valence electrons. The second kappa shape index (κ2) is 4.65. The number of piperazine rings is 1. The molecule has 2 bridgehead atoms. The van der Waals surface area contributed by atoms with Crippen LogP contribution in [0.15, 0.2) is 0 Å². The number of amides is 1. The summed E-state index contributed by atoms with van der Waals surface area (Å²) in [7, 11) is 0. The van der Waals surface area contributed by atoms with Gasteiger partial charge >= 0.3 is 6.09 Å². The van der Waals surface area contributed by atoms with E-state index in [1.807, 2.05) is 25.7 Å². The highest BCUT2D eigenvalue weighted by molar-refractivity contribution is 5.69. The molecule has 4 nitrogen and oxygen atoms in total. The highest BCUT2D eigenvalue weighted by Crippen LogP contribution is 2.33. The van der Waals surface area contributed by atoms with Gasteiger partial charge in [-0.2, -0.15) is 0 Å². The van der Waals surface area contributed by atoms with Crippen molar-refractivity contribution in [3.63, 3.8) is 0 Å². The van der Waals surface area contributed by atoms with E-state index in [9.17, 15) is 4.79 Å². The summed E-state index contributed by atoms with van der Waals surface area (Å²) in [4.78, 5) is 16.6. The van der Waals surface area contributed by atoms with Crippen molar-refractivity contribution in [2.24, 2.45) is 5.41 Å². The van der Waals surface area contributed by atoms with Gasteiger partial charge in [-0.1, -0.05) is 20.8 Å². The van der Waals surface area contributed by atoms with Crippen molar-refractivity contribution in [2.45, 2.75) is 65.6 Å². The maximum atomic E-state index is 12.1. The molecule has 0 aliphatic carbocycles. The molecule has 0 saturated carbocycles. The highest BCUT2D eigenvalue weighted by atomic mass is 16.6. The number of nitrogens with zero attached hydrogens (tertiary/aromatic N) is 2. The van der Waals surface area contributed by atoms with Crippen LogP contribution in [0.4, 0.5) is 4.79 Å². The molecule has 0 N–H and O–H groups in total. The van der Waals surface area contributed by atoms with Crippen molar-refractivity contribution >= 4 is 6.09 Å². The van der Waals surface area contributed by atoms with Crippen LogP contribution in [0, 0.1) is 5.41 Å². The largest absolute Gasteiger partial charge is 0.444 e. The minimum absolute atomic E-state index is 0.143. The Morgan fingerprint density at radius 3 is 2.16 bits per heavy atom. The minimum Gasteiger partial charge on any atom is -0.444 e. The first kappa shape index (κ1) is 14.6. The Morgan fingerprint density at radius 1 is 1.11 bits per heavy atom. The number of ether oxygens (including phenoxy) is 1. The zero-order chi connectivity index (χ0) is 14.4. The topological polar surface area (TPSA) is 32.8 Å². The Hall–Kier alpha value is -0.770. The quantitative estimate of drug-likeness (QED) is 0.733. The highest BCUT2D eigenvalue weighted by Gasteiger charge is 2.46. The molecule has 0 radical (unpaired) electrons. The van der Waals surface area contributed by atoms with Crippen molar-refractivity contribution in [2.75, 3.05) is 19.6 Å². The van der Waals surface area contributed by atoms with Crippen molar-refractivity contribution < 1.29 is 9.53 Å². The van der Waals surface area contributed by atoms with Crippen LogP contribution in [0.3, 0.4) is 0 Å². The Bertz CT molecular complexity index is 354. The van der Waals surface area contributed by atoms with Crippen molar-refractivity contribution in [1.29, 1.82) is 0 Å². The molecule has 2 saturated heterocycles. The minimum atomic E-state index is -0.399. The number of hydrogen-bond acceptors (Lipinski definition) is 3. The first-order chi connectivity index (χ1) is 8.55. The first-order valence-electron chi connectivity index (χ1n) is 7.29. The molecule has 4 heteroatoms. The van der Waals surface area contributed by atoms with Gasteiger partial charge in [0, 0.05) is 31.7 Å². The van der Waals surface area contributed by atoms with Gasteiger partial charge in [-0.15, -0.1) is 0 Å². The van der Waals surface area contributed by atoms with Gasteiger partial charge in [0.1, 0.15) is 5.60 Å². The van der Waals surface area contributed by atoms with Gasteiger partial charge < -0.3 is 9.64 Å². The van der Waals surface area contributed by atoms with E-state index in [0.29, 0.717) is 17.5 Å². The molecule has 2 aliphatic heterocycles. The van der Waals surface area contributed by atoms with Gasteiger partial charge in [-0.25, -0.2) is 4.79 Å². The molecule has 0 aromatic carbocycles. The van der Waals surface area contributed by atoms with Crippen LogP contribution in [0.5, 0.6) is 0 Å². The van der Waals surface area contributed by atoms with Gasteiger partial charge in [0.2, 0.25) is 0 Å². The Kier molecular flexibility index (Phi) is 3.58. The van der Waals surface area contributed by atoms with E-state index < -0.39 is 5.60 Å². The van der Waals surface area contributed by atoms with Crippen LogP contribution in [0.25, 0.3) is 0 Å². The molecule has 19 heavy (non-hydrogen) atoms. The van der Waals surface area contributed by atoms with Gasteiger partial charge in [-0.05, 0) is 32.6 Å². The van der Waals surface area contributed by atoms with Crippen LogP contribution in [0.2, 0.25) is 0 Å². The van der Waals surface area contributed by atoms with Crippen molar-refractivity contribution in [3.05, 3.63) is 0 Å². The molecule has 2 atom stereocenters. The molecule has 2 rings (SSSR count). The van der Waals surface area contributed by atoms with Crippen LogP contribution in [-0.2, 0) is 4.74 Å². The fourth-order valence-corrected chi connectivity index (χ4v) is 3.10. The molecule has 2 heterocycles. The average Bonchev–Trinajstić information content (AvgIpc) is 2.70. The second-order valence-corrected chi connectivity index (χ2v) is 8.17. The number of fused-ring (bicyclic) bond motifs is 2. The molecule has 0 aromatic heterocycles. The molecule has 2 unspecified atom stereocenters. The third-order valence-electron chi connectivity index (χ3n) is 3.66. The lowest BCUT2D eigenvalue weighted by molar-refractivity contribution is 0.0107. The number of rotatable bonds is 1. The normalized spacial score (nSPS) is 28.0. The van der Waals surface area contributed by atoms with Gasteiger partial charge in [0.15, 0.2) is 0 Å². The zero-order valence-electron chi connectivity index (χ0n) is 13.2. The van der Waals surface area contributed by atoms with Crippen molar-refractivity contribution in [3.8, 4) is 0 Å². The fraction of sp³-hybridized carbons (Fsp3) is 0.933. The van der Waals surface area contributed by atoms with E-state index in [4.69, 9.17) is 4.74 Å². The molecule has 2 fully saturated rings. The molecule has 0 aromatic rings. The lowest BCUT2D eigenvalue weighted by Gasteiger charge is -2.37. The van der Waals surface area contributed by atoms with E-state index in [2.05, 4.69) is 25.7 Å². The SMILES string of the molecule is CC(C)(C)CN1CC2CC1CN2C(=O)OC(C)(C)C. The first-order valence-corrected chi connectivity index (χ1v) is 7.29. The van der Waals surface area contributed by atoms with E-state index in [1.165, 1.54) is 0 Å². The van der Waals surface area contributed by atoms with Crippen LogP contribution >= 0.6 is 0 Å². The Morgan fingerprint density at radius 2 is 1.74 bits per heavy atom. The summed E-state index contributed by atoms with van der Waals surface area (Å²) < 4.78 is 5.48. The molecule has 2 aliphatic rings. The van der Waals surface area contributed by atoms with Crippen molar-refractivity contribution in [1.82, 2.24) is 9.80 Å². The molecular formula is C15H28N2O2. The van der Waals surface area contributed by atoms with E-state index in [-0.39, 0.29) is 6.09 Å². The van der Waals surface area contributed by atoms with E-state index in [1.54, 1.807) is 0 Å². The average molecular weight is 268 g/mol. The summed E-state index contributed by atoms with van der Waals surface area (Å²) in [5.74, 6) is 0. The second-order valence-electron chi connectivity index (χ2n) is 8.17. The summed E-state index contributed by atoms with van der Waals surface area (Å²) in [6, 6.07) is 0.874. The maximum absolute atomic E-state index is 12.1. The summed E-state index contributed by atoms with van der Waals surface area (Å²) in [6.45, 7) is 15.5. The van der Waals surface area contributed by atoms with Gasteiger partial charge in [-0.3, -0.25) is 4.90 Å². The number of carbonyl (C=O) groups is 1. The summed E-state index contributed by atoms with van der Waals surface area (Å²) >= 11 is 0. The predicted molar refractivity (Wildman–Crippen MR) is 76.2 cm³/mol. The van der Waals surface area contributed by atoms with Crippen LogP contribution < -0.4 is 0 Å². The number of likely N-dealkylation sites (tertiary alicyclic amines) is 2. The third-order valence-corrected chi connectivity index (χ3v) is 3.66. The molecule has 1 amide bonds. The summed E-state index contributed by atoms with van der Waals surface area (Å²) in [6.07, 6.45) is 0.963. The number of hydrogen-bond donors (Lipinski definition) is 0. The summed E-state index contributed by atoms with van der Waals surface area (Å²) in [5.41, 5.74) is -0.0781. The smallest absolute Gasteiger partial charge is 0.410 e. The third kappa shape index (κ3) is 3.62. The fourth-order valence-electron chi connectivity index (χ4n) is 3.10. The van der Waals surface area contributed by atoms with Gasteiger partial charge in [0.25, 0.3) is 0 Å². The Labute approximate surface area is 117 Å². The van der Waals surface area contributed by atoms with Crippen LogP contribution in [0.1, 0.15) is 48.0 Å². The predicted octanol–water partition coefficient (Wildman–Crippen LogP) is 2.73. The molecule has 0 spiro atoms. The maximum Gasteiger partial charge on any atom is 0.410 e. The van der Waals surface area contributed by atoms with E-state index in [0.717, 1.165) is 26.1 Å². The van der Waals surface area contributed by atoms with Gasteiger partial charge in [0.05, 0.1) is 0 Å². The lowest BCUT2D eigenvalue weighted by atomic mass is 9.95. The Balaban J connectivity index is 1.91. The summed E-state index contributed by atoms with van der Waals surface area (Å²) in [5, 5.41) is 0. The zero-order valence-corrected chi connectivity index (χ0v) is 13.2. The standard InChI is InChI=1S/C15H28N2O2/c1-14(2,3)10-16-8-12-7-11(16)9-17(12)13(18)19-15(4,5)6/h11-12H,7-10H2,1-6H3. The van der Waals surface area contributed by atoms with E-state index >= 15 is 0 Å². The molecular weight excluding hydrogens is 240 g/mol. The number of carbonyl (C=O) groups excluding carboxylic acids is 1. The van der Waals surface area contributed by atoms with Crippen LogP contribution in [-0.4, -0.2) is 53.2 Å².